The molecule has 0 spiro atoms. The third kappa shape index (κ3) is 2.36. The third-order valence-electron chi connectivity index (χ3n) is 0.393. The second-order valence-electron chi connectivity index (χ2n) is 0.768. The van der Waals surface area contributed by atoms with Crippen LogP contribution in [0.2, 0.25) is 0 Å². The molecule has 0 aromatic heterocycles. The van der Waals surface area contributed by atoms with Gasteiger partial charge in [-0.25, -0.2) is 7.42 Å². The molecule has 1 atom stereocenters. The first kappa shape index (κ1) is 8.77. The minimum Gasteiger partial charge on any atom is -0.288 e. The average Bonchev–Trinajstić information content (AvgIpc) is 1.87. The van der Waals surface area contributed by atoms with Crippen LogP contribution in [0.5, 0.6) is 0 Å². The van der Waals surface area contributed by atoms with Crippen LogP contribution in [-0.2, 0) is 16.7 Å². The van der Waals surface area contributed by atoms with Gasteiger partial charge in [-0.05, 0) is 4.53 Å². The molecule has 0 aromatic rings. The van der Waals surface area contributed by atoms with E-state index in [0.29, 0.717) is 0 Å². The molecule has 0 radical (unpaired) electrons. The van der Waals surface area contributed by atoms with Crippen LogP contribution >= 0.6 is 30.8 Å². The molecule has 0 bridgehead atoms. The van der Waals surface area contributed by atoms with Crippen LogP contribution < -0.4 is 0 Å². The lowest BCUT2D eigenvalue weighted by Crippen LogP contribution is -1.81. The van der Waals surface area contributed by atoms with Gasteiger partial charge in [0.25, 0.3) is 0 Å². The summed E-state index contributed by atoms with van der Waals surface area (Å²) in [6.07, 6.45) is 0. The minimum atomic E-state index is -3.84. The monoisotopic (exact) mass is 256 g/mol. The Hall–Kier alpha value is 0.770. The summed E-state index contributed by atoms with van der Waals surface area (Å²) in [4.78, 5) is 0. The highest BCUT2D eigenvalue weighted by Crippen LogP contribution is 2.50. The van der Waals surface area contributed by atoms with Crippen molar-refractivity contribution in [2.24, 2.45) is 0 Å². The molecule has 8 heavy (non-hydrogen) atoms. The quantitative estimate of drug-likeness (QED) is 0.572. The number of hydrogen-bond donors (Lipinski definition) is 0. The van der Waals surface area contributed by atoms with Crippen molar-refractivity contribution in [3.05, 3.63) is 0 Å². The zero-order valence-corrected chi connectivity index (χ0v) is 6.89. The van der Waals surface area contributed by atoms with E-state index in [4.69, 9.17) is 0 Å². The fourth-order valence-electron chi connectivity index (χ4n) is 0.0670. The lowest BCUT2D eigenvalue weighted by molar-refractivity contribution is -0.0370. The highest BCUT2D eigenvalue weighted by molar-refractivity contribution is 14.1. The number of hydrogen-bond acceptors (Lipinski definition) is 4. The van der Waals surface area contributed by atoms with Crippen molar-refractivity contribution >= 4 is 30.8 Å². The van der Waals surface area contributed by atoms with E-state index in [2.05, 4.69) is 12.1 Å². The van der Waals surface area contributed by atoms with E-state index in [1.807, 2.05) is 0 Å². The Labute approximate surface area is 59.5 Å². The molecular formula is CH3FIO4P. The number of rotatable bonds is 3. The van der Waals surface area contributed by atoms with Crippen molar-refractivity contribution < 1.29 is 21.2 Å². The largest absolute Gasteiger partial charge is 0.515 e. The molecule has 0 aliphatic carbocycles. The van der Waals surface area contributed by atoms with E-state index < -0.39 is 7.82 Å². The van der Waals surface area contributed by atoms with Crippen molar-refractivity contribution in [3.8, 4) is 0 Å². The van der Waals surface area contributed by atoms with E-state index >= 15 is 0 Å². The minimum absolute atomic E-state index is 1.01. The van der Waals surface area contributed by atoms with Gasteiger partial charge in [0.2, 0.25) is 0 Å². The summed E-state index contributed by atoms with van der Waals surface area (Å²) in [5.41, 5.74) is 0. The van der Waals surface area contributed by atoms with Gasteiger partial charge < -0.3 is 0 Å². The first-order valence-electron chi connectivity index (χ1n) is 1.45. The van der Waals surface area contributed by atoms with Crippen LogP contribution in [-0.4, -0.2) is 7.11 Å². The van der Waals surface area contributed by atoms with Crippen molar-refractivity contribution in [1.82, 2.24) is 0 Å². The van der Waals surface area contributed by atoms with Gasteiger partial charge in [0, 0.05) is 7.11 Å². The van der Waals surface area contributed by atoms with Crippen LogP contribution in [0.1, 0.15) is 0 Å². The molecule has 1 unspecified atom stereocenters. The smallest absolute Gasteiger partial charge is 0.288 e. The zero-order valence-electron chi connectivity index (χ0n) is 3.84. The van der Waals surface area contributed by atoms with Gasteiger partial charge in [0.05, 0.1) is 0 Å². The molecule has 0 N–H and O–H groups in total. The first-order valence-corrected chi connectivity index (χ1v) is 3.79. The van der Waals surface area contributed by atoms with Crippen LogP contribution in [0.3, 0.4) is 0 Å². The van der Waals surface area contributed by atoms with Gasteiger partial charge in [-0.15, -0.1) is 0 Å². The average molecular weight is 256 g/mol. The molecule has 0 fully saturated rings. The van der Waals surface area contributed by atoms with Gasteiger partial charge in [0.15, 0.2) is 0 Å². The summed E-state index contributed by atoms with van der Waals surface area (Å²) < 4.78 is 32.0. The molecule has 0 rings (SSSR count). The van der Waals surface area contributed by atoms with Crippen LogP contribution in [0, 0.1) is 0 Å². The Bertz CT molecular complexity index is 87.2. The molecule has 7 heteroatoms. The predicted octanol–water partition coefficient (Wildman–Crippen LogP) is 2.01. The molecule has 4 nitrogen and oxygen atoms in total. The second kappa shape index (κ2) is 3.73. The lowest BCUT2D eigenvalue weighted by Gasteiger charge is -2.02. The van der Waals surface area contributed by atoms with Gasteiger partial charge in [-0.3, -0.25) is 4.52 Å². The van der Waals surface area contributed by atoms with E-state index in [0.717, 1.165) is 7.11 Å². The van der Waals surface area contributed by atoms with Crippen LogP contribution in [0.25, 0.3) is 0 Å². The lowest BCUT2D eigenvalue weighted by atomic mass is 11.8. The highest BCUT2D eigenvalue weighted by Gasteiger charge is 2.24. The van der Waals surface area contributed by atoms with Crippen LogP contribution in [0.4, 0.5) is 4.53 Å². The summed E-state index contributed by atoms with van der Waals surface area (Å²) >= 11 is 1.21. The molecule has 0 saturated carbocycles. The summed E-state index contributed by atoms with van der Waals surface area (Å²) in [6.45, 7) is 0. The topological polar surface area (TPSA) is 44.8 Å². The highest BCUT2D eigenvalue weighted by atomic mass is 127. The van der Waals surface area contributed by atoms with Crippen molar-refractivity contribution in [2.75, 3.05) is 7.11 Å². The van der Waals surface area contributed by atoms with Crippen molar-refractivity contribution in [3.63, 3.8) is 0 Å². The zero-order chi connectivity index (χ0) is 6.62. The third-order valence-corrected chi connectivity index (χ3v) is 2.63. The van der Waals surface area contributed by atoms with E-state index in [1.54, 1.807) is 0 Å². The Balaban J connectivity index is 3.79. The Morgan fingerprint density at radius 2 is 2.25 bits per heavy atom. The molecule has 50 valence electrons. The molecule has 0 aliphatic rings. The molecule has 0 aliphatic heterocycles. The van der Waals surface area contributed by atoms with Crippen molar-refractivity contribution in [1.29, 1.82) is 0 Å². The van der Waals surface area contributed by atoms with Gasteiger partial charge in [0.1, 0.15) is 23.0 Å². The summed E-state index contributed by atoms with van der Waals surface area (Å²) in [5, 5.41) is 0. The number of halogens is 2. The summed E-state index contributed by atoms with van der Waals surface area (Å²) in [6, 6.07) is 0. The summed E-state index contributed by atoms with van der Waals surface area (Å²) in [7, 11) is -2.83. The Morgan fingerprint density at radius 1 is 1.75 bits per heavy atom. The first-order chi connectivity index (χ1) is 3.68. The predicted molar refractivity (Wildman–Crippen MR) is 31.9 cm³/mol. The maximum absolute atomic E-state index is 11.0. The Morgan fingerprint density at radius 3 is 2.25 bits per heavy atom. The summed E-state index contributed by atoms with van der Waals surface area (Å²) in [5.74, 6) is 0. The van der Waals surface area contributed by atoms with E-state index in [1.165, 1.54) is 23.0 Å². The van der Waals surface area contributed by atoms with Gasteiger partial charge >= 0.3 is 7.82 Å². The molecule has 0 saturated heterocycles. The fourth-order valence-corrected chi connectivity index (χ4v) is 0.866. The van der Waals surface area contributed by atoms with Gasteiger partial charge in [-0.2, -0.15) is 0 Å². The SMILES string of the molecule is COP(=O)(OF)OI. The number of phosphoric acid groups is 1. The van der Waals surface area contributed by atoms with Crippen molar-refractivity contribution in [2.45, 2.75) is 0 Å². The van der Waals surface area contributed by atoms with Crippen LogP contribution in [0.15, 0.2) is 0 Å². The molecule has 0 amide bonds. The Kier molecular flexibility index (Phi) is 4.09. The fraction of sp³-hybridized carbons (Fsp3) is 1.00. The standard InChI is InChI=1S/CH3FIO4P/c1-5-8(4,6-2)7-3/h1H3. The molecular weight excluding hydrogens is 253 g/mol. The maximum atomic E-state index is 11.0. The van der Waals surface area contributed by atoms with E-state index in [9.17, 15) is 9.09 Å². The molecule has 0 aromatic carbocycles. The van der Waals surface area contributed by atoms with Gasteiger partial charge in [-0.1, -0.05) is 4.73 Å². The maximum Gasteiger partial charge on any atom is 0.515 e. The van der Waals surface area contributed by atoms with E-state index in [-0.39, 0.29) is 0 Å². The normalized spacial score (nSPS) is 17.9. The second-order valence-corrected chi connectivity index (χ2v) is 3.49. The molecule has 0 heterocycles.